The van der Waals surface area contributed by atoms with Gasteiger partial charge in [0.1, 0.15) is 4.32 Å². The van der Waals surface area contributed by atoms with Gasteiger partial charge >= 0.3 is 0 Å². The van der Waals surface area contributed by atoms with E-state index in [2.05, 4.69) is 10.3 Å². The van der Waals surface area contributed by atoms with Crippen LogP contribution >= 0.6 is 24.0 Å². The molecule has 0 bridgehead atoms. The van der Waals surface area contributed by atoms with Crippen LogP contribution in [0.4, 0.5) is 5.69 Å². The van der Waals surface area contributed by atoms with Crippen LogP contribution in [-0.4, -0.2) is 32.6 Å². The number of aromatic nitrogens is 1. The lowest BCUT2D eigenvalue weighted by Gasteiger charge is -2.14. The Morgan fingerprint density at radius 2 is 2.04 bits per heavy atom. The van der Waals surface area contributed by atoms with Crippen molar-refractivity contribution in [3.05, 3.63) is 77.0 Å². The zero-order valence-corrected chi connectivity index (χ0v) is 16.9. The fourth-order valence-corrected chi connectivity index (χ4v) is 3.99. The number of hydrogen-bond acceptors (Lipinski definition) is 5. The predicted octanol–water partition coefficient (Wildman–Crippen LogP) is 4.26. The molecule has 2 aromatic rings. The van der Waals surface area contributed by atoms with E-state index in [1.807, 2.05) is 49.4 Å². The molecule has 5 nitrogen and oxygen atoms in total. The van der Waals surface area contributed by atoms with Crippen molar-refractivity contribution in [2.45, 2.75) is 13.3 Å². The standard InChI is InChI=1S/C21H19N3O2S2/c1-15(12-16-6-3-2-4-7-16)13-18-20(26)24(21(27)28-18)11-9-19(25)23-17-8-5-10-22-14-17/h2-8,10,12-14H,9,11H2,1H3,(H,23,25)/b15-12+,18-13+. The van der Waals surface area contributed by atoms with Gasteiger partial charge in [0.2, 0.25) is 5.91 Å². The van der Waals surface area contributed by atoms with Crippen molar-refractivity contribution in [3.8, 4) is 0 Å². The molecule has 1 aromatic heterocycles. The van der Waals surface area contributed by atoms with Crippen molar-refractivity contribution in [2.75, 3.05) is 11.9 Å². The molecule has 28 heavy (non-hydrogen) atoms. The lowest BCUT2D eigenvalue weighted by molar-refractivity contribution is -0.122. The van der Waals surface area contributed by atoms with E-state index >= 15 is 0 Å². The number of carbonyl (C=O) groups is 2. The van der Waals surface area contributed by atoms with Crippen LogP contribution in [0.3, 0.4) is 0 Å². The first-order chi connectivity index (χ1) is 13.5. The number of thiocarbonyl (C=S) groups is 1. The van der Waals surface area contributed by atoms with E-state index in [4.69, 9.17) is 12.2 Å². The van der Waals surface area contributed by atoms with Gasteiger partial charge in [0, 0.05) is 19.2 Å². The van der Waals surface area contributed by atoms with Gasteiger partial charge in [0.05, 0.1) is 16.8 Å². The van der Waals surface area contributed by atoms with Gasteiger partial charge in [-0.1, -0.05) is 60.4 Å². The van der Waals surface area contributed by atoms with Crippen molar-refractivity contribution >= 4 is 51.9 Å². The number of pyridine rings is 1. The molecule has 0 spiro atoms. The minimum Gasteiger partial charge on any atom is -0.325 e. The molecule has 0 aliphatic carbocycles. The van der Waals surface area contributed by atoms with Crippen LogP contribution in [0.2, 0.25) is 0 Å². The van der Waals surface area contributed by atoms with Crippen molar-refractivity contribution in [3.63, 3.8) is 0 Å². The van der Waals surface area contributed by atoms with E-state index in [9.17, 15) is 9.59 Å². The van der Waals surface area contributed by atoms with Gasteiger partial charge in [0.15, 0.2) is 0 Å². The number of allylic oxidation sites excluding steroid dienone is 2. The lowest BCUT2D eigenvalue weighted by Crippen LogP contribution is -2.31. The molecule has 1 aromatic carbocycles. The van der Waals surface area contributed by atoms with Crippen molar-refractivity contribution in [2.24, 2.45) is 0 Å². The van der Waals surface area contributed by atoms with Crippen LogP contribution in [0, 0.1) is 0 Å². The van der Waals surface area contributed by atoms with Crippen LogP contribution in [0.1, 0.15) is 18.9 Å². The average Bonchev–Trinajstić information content (AvgIpc) is 2.94. The summed E-state index contributed by atoms with van der Waals surface area (Å²) in [6.07, 6.45) is 7.21. The summed E-state index contributed by atoms with van der Waals surface area (Å²) in [4.78, 5) is 30.7. The average molecular weight is 410 g/mol. The predicted molar refractivity (Wildman–Crippen MR) is 118 cm³/mol. The van der Waals surface area contributed by atoms with Crippen LogP contribution in [0.25, 0.3) is 6.08 Å². The SMILES string of the molecule is CC(=C\c1ccccc1)/C=C1/SC(=S)N(CCC(=O)Nc2cccnc2)C1=O. The van der Waals surface area contributed by atoms with E-state index in [0.717, 1.165) is 11.1 Å². The Bertz CT molecular complexity index is 941. The van der Waals surface area contributed by atoms with E-state index in [1.165, 1.54) is 16.7 Å². The summed E-state index contributed by atoms with van der Waals surface area (Å²) in [5.41, 5.74) is 2.65. The molecule has 142 valence electrons. The minimum absolute atomic E-state index is 0.160. The molecule has 0 unspecified atom stereocenters. The number of hydrogen-bond donors (Lipinski definition) is 1. The summed E-state index contributed by atoms with van der Waals surface area (Å²) in [6.45, 7) is 2.19. The Labute approximate surface area is 173 Å². The molecule has 7 heteroatoms. The molecule has 0 atom stereocenters. The number of nitrogens with one attached hydrogen (secondary N) is 1. The zero-order valence-electron chi connectivity index (χ0n) is 15.3. The third-order valence-electron chi connectivity index (χ3n) is 3.93. The van der Waals surface area contributed by atoms with Crippen LogP contribution < -0.4 is 5.32 Å². The highest BCUT2D eigenvalue weighted by Gasteiger charge is 2.32. The maximum absolute atomic E-state index is 12.7. The van der Waals surface area contributed by atoms with Crippen LogP contribution in [0.5, 0.6) is 0 Å². The molecule has 2 heterocycles. The van der Waals surface area contributed by atoms with E-state index in [1.54, 1.807) is 24.5 Å². The number of thioether (sulfide) groups is 1. The Hall–Kier alpha value is -2.77. The minimum atomic E-state index is -0.189. The summed E-state index contributed by atoms with van der Waals surface area (Å²) >= 11 is 6.59. The molecular formula is C21H19N3O2S2. The van der Waals surface area contributed by atoms with Crippen molar-refractivity contribution in [1.29, 1.82) is 0 Å². The van der Waals surface area contributed by atoms with Gasteiger partial charge in [-0.25, -0.2) is 0 Å². The summed E-state index contributed by atoms with van der Waals surface area (Å²) in [6, 6.07) is 13.4. The van der Waals surface area contributed by atoms with Gasteiger partial charge < -0.3 is 5.32 Å². The van der Waals surface area contributed by atoms with Gasteiger partial charge in [-0.15, -0.1) is 0 Å². The quantitative estimate of drug-likeness (QED) is 0.571. The molecule has 3 rings (SSSR count). The summed E-state index contributed by atoms with van der Waals surface area (Å²) < 4.78 is 0.470. The maximum atomic E-state index is 12.7. The molecule has 1 aliphatic rings. The normalized spacial score (nSPS) is 16.0. The Morgan fingerprint density at radius 1 is 1.25 bits per heavy atom. The summed E-state index contributed by atoms with van der Waals surface area (Å²) in [5, 5.41) is 2.75. The second-order valence-electron chi connectivity index (χ2n) is 6.17. The third kappa shape index (κ3) is 5.37. The molecule has 2 amide bonds. The molecular weight excluding hydrogens is 390 g/mol. The lowest BCUT2D eigenvalue weighted by atomic mass is 10.1. The topological polar surface area (TPSA) is 62.3 Å². The molecule has 0 saturated carbocycles. The van der Waals surface area contributed by atoms with E-state index < -0.39 is 0 Å². The van der Waals surface area contributed by atoms with Gasteiger partial charge in [0.25, 0.3) is 5.91 Å². The number of rotatable bonds is 6. The van der Waals surface area contributed by atoms with E-state index in [0.29, 0.717) is 14.9 Å². The van der Waals surface area contributed by atoms with Gasteiger partial charge in [-0.05, 0) is 36.3 Å². The number of nitrogens with zero attached hydrogens (tertiary/aromatic N) is 2. The first-order valence-electron chi connectivity index (χ1n) is 8.71. The Morgan fingerprint density at radius 3 is 2.75 bits per heavy atom. The Balaban J connectivity index is 1.60. The van der Waals surface area contributed by atoms with Crippen LogP contribution in [-0.2, 0) is 9.59 Å². The fourth-order valence-electron chi connectivity index (χ4n) is 2.63. The van der Waals surface area contributed by atoms with Gasteiger partial charge in [-0.2, -0.15) is 0 Å². The molecule has 1 saturated heterocycles. The van der Waals surface area contributed by atoms with Crippen LogP contribution in [0.15, 0.2) is 71.4 Å². The second-order valence-corrected chi connectivity index (χ2v) is 7.85. The smallest absolute Gasteiger partial charge is 0.266 e. The molecule has 0 radical (unpaired) electrons. The molecule has 1 N–H and O–H groups in total. The highest BCUT2D eigenvalue weighted by atomic mass is 32.2. The highest BCUT2D eigenvalue weighted by molar-refractivity contribution is 8.26. The molecule has 1 fully saturated rings. The number of carbonyl (C=O) groups excluding carboxylic acids is 2. The molecule has 1 aliphatic heterocycles. The first-order valence-corrected chi connectivity index (χ1v) is 9.94. The largest absolute Gasteiger partial charge is 0.325 e. The third-order valence-corrected chi connectivity index (χ3v) is 5.31. The Kier molecular flexibility index (Phi) is 6.73. The number of benzene rings is 1. The number of anilines is 1. The summed E-state index contributed by atoms with van der Waals surface area (Å²) in [7, 11) is 0. The monoisotopic (exact) mass is 409 g/mol. The number of amides is 2. The first kappa shape index (κ1) is 20.0. The van der Waals surface area contributed by atoms with Crippen molar-refractivity contribution < 1.29 is 9.59 Å². The second kappa shape index (κ2) is 9.43. The fraction of sp³-hybridized carbons (Fsp3) is 0.143. The summed E-state index contributed by atoms with van der Waals surface area (Å²) in [5.74, 6) is -0.351. The van der Waals surface area contributed by atoms with Gasteiger partial charge in [-0.3, -0.25) is 19.5 Å². The zero-order chi connectivity index (χ0) is 19.9. The highest BCUT2D eigenvalue weighted by Crippen LogP contribution is 2.32. The maximum Gasteiger partial charge on any atom is 0.266 e. The van der Waals surface area contributed by atoms with Crippen molar-refractivity contribution in [1.82, 2.24) is 9.88 Å². The van der Waals surface area contributed by atoms with E-state index in [-0.39, 0.29) is 24.8 Å².